The van der Waals surface area contributed by atoms with Gasteiger partial charge >= 0.3 is 5.97 Å². The van der Waals surface area contributed by atoms with Crippen LogP contribution in [0.3, 0.4) is 0 Å². The van der Waals surface area contributed by atoms with Crippen molar-refractivity contribution < 1.29 is 40.2 Å². The SMILES string of the molecule is O=C(O)C(O)C(=O)[C@@H](O)[C@H](O)[C@H](O)CO. The van der Waals surface area contributed by atoms with Crippen LogP contribution in [0.1, 0.15) is 0 Å². The largest absolute Gasteiger partial charge is 0.479 e. The maximum Gasteiger partial charge on any atom is 0.340 e. The third kappa shape index (κ3) is 3.53. The molecule has 0 aromatic rings. The maximum atomic E-state index is 10.9. The number of carboxylic acids is 1. The molecule has 0 aliphatic rings. The van der Waals surface area contributed by atoms with Gasteiger partial charge in [0.15, 0.2) is 0 Å². The van der Waals surface area contributed by atoms with Crippen molar-refractivity contribution in [2.24, 2.45) is 0 Å². The van der Waals surface area contributed by atoms with Crippen LogP contribution >= 0.6 is 0 Å². The standard InChI is InChI=1S/C7H12O8/c8-1-2(9)3(10)4(11)5(12)6(13)7(14)15/h2-4,6,8-11,13H,1H2,(H,14,15)/t2-,3-,4+,6?/m1/s1. The molecule has 0 aliphatic carbocycles. The Kier molecular flexibility index (Phi) is 5.33. The van der Waals surface area contributed by atoms with E-state index in [2.05, 4.69) is 0 Å². The van der Waals surface area contributed by atoms with Gasteiger partial charge in [0.05, 0.1) is 6.61 Å². The summed E-state index contributed by atoms with van der Waals surface area (Å²) >= 11 is 0. The summed E-state index contributed by atoms with van der Waals surface area (Å²) in [4.78, 5) is 21.0. The highest BCUT2D eigenvalue weighted by Gasteiger charge is 2.36. The van der Waals surface area contributed by atoms with E-state index in [0.29, 0.717) is 0 Å². The number of aliphatic hydroxyl groups is 5. The minimum Gasteiger partial charge on any atom is -0.479 e. The van der Waals surface area contributed by atoms with Gasteiger partial charge in [0.25, 0.3) is 0 Å². The fraction of sp³-hybridized carbons (Fsp3) is 0.714. The lowest BCUT2D eigenvalue weighted by Crippen LogP contribution is -2.49. The molecule has 0 saturated heterocycles. The first-order valence-electron chi connectivity index (χ1n) is 3.92. The number of aliphatic hydroxyl groups excluding tert-OH is 5. The van der Waals surface area contributed by atoms with Crippen molar-refractivity contribution in [2.45, 2.75) is 24.4 Å². The molecule has 0 amide bonds. The predicted octanol–water partition coefficient (Wildman–Crippen LogP) is -3.92. The molecular formula is C7H12O8. The van der Waals surface area contributed by atoms with Crippen molar-refractivity contribution in [3.8, 4) is 0 Å². The van der Waals surface area contributed by atoms with Gasteiger partial charge in [0.2, 0.25) is 11.9 Å². The van der Waals surface area contributed by atoms with E-state index in [0.717, 1.165) is 0 Å². The van der Waals surface area contributed by atoms with Gasteiger partial charge in [-0.25, -0.2) is 4.79 Å². The second-order valence-corrected chi connectivity index (χ2v) is 2.83. The Bertz CT molecular complexity index is 239. The van der Waals surface area contributed by atoms with Crippen LogP contribution in [0.15, 0.2) is 0 Å². The van der Waals surface area contributed by atoms with Gasteiger partial charge in [0, 0.05) is 0 Å². The van der Waals surface area contributed by atoms with Gasteiger partial charge in [-0.15, -0.1) is 0 Å². The lowest BCUT2D eigenvalue weighted by molar-refractivity contribution is -0.161. The van der Waals surface area contributed by atoms with Gasteiger partial charge in [-0.3, -0.25) is 4.79 Å². The second-order valence-electron chi connectivity index (χ2n) is 2.83. The van der Waals surface area contributed by atoms with E-state index in [9.17, 15) is 9.59 Å². The smallest absolute Gasteiger partial charge is 0.340 e. The zero-order valence-electron chi connectivity index (χ0n) is 7.52. The van der Waals surface area contributed by atoms with E-state index in [4.69, 9.17) is 30.6 Å². The van der Waals surface area contributed by atoms with Gasteiger partial charge in [-0.05, 0) is 0 Å². The molecule has 4 atom stereocenters. The number of carbonyl (C=O) groups excluding carboxylic acids is 1. The summed E-state index contributed by atoms with van der Waals surface area (Å²) in [6, 6.07) is 0. The molecule has 6 N–H and O–H groups in total. The van der Waals surface area contributed by atoms with Crippen LogP contribution in [0.4, 0.5) is 0 Å². The molecule has 0 rings (SSSR count). The first-order chi connectivity index (χ1) is 6.82. The first kappa shape index (κ1) is 13.9. The zero-order chi connectivity index (χ0) is 12.2. The van der Waals surface area contributed by atoms with Crippen LogP contribution in [0.25, 0.3) is 0 Å². The van der Waals surface area contributed by atoms with Crippen LogP contribution in [0.5, 0.6) is 0 Å². The molecule has 0 aromatic carbocycles. The maximum absolute atomic E-state index is 10.9. The first-order valence-corrected chi connectivity index (χ1v) is 3.92. The lowest BCUT2D eigenvalue weighted by Gasteiger charge is -2.21. The molecule has 0 aromatic heterocycles. The number of Topliss-reactive ketones (excluding diaryl/α,β-unsaturated/α-hetero) is 1. The fourth-order valence-electron chi connectivity index (χ4n) is 0.770. The molecule has 0 radical (unpaired) electrons. The highest BCUT2D eigenvalue weighted by molar-refractivity contribution is 6.03. The molecule has 1 unspecified atom stereocenters. The third-order valence-electron chi connectivity index (χ3n) is 1.70. The predicted molar refractivity (Wildman–Crippen MR) is 43.8 cm³/mol. The molecule has 0 fully saturated rings. The average molecular weight is 224 g/mol. The molecule has 8 heteroatoms. The van der Waals surface area contributed by atoms with E-state index >= 15 is 0 Å². The van der Waals surface area contributed by atoms with Crippen LogP contribution in [-0.2, 0) is 9.59 Å². The van der Waals surface area contributed by atoms with Crippen LogP contribution in [-0.4, -0.2) is 73.4 Å². The summed E-state index contributed by atoms with van der Waals surface area (Å²) in [6.07, 6.45) is -8.62. The summed E-state index contributed by atoms with van der Waals surface area (Å²) in [6.45, 7) is -0.922. The van der Waals surface area contributed by atoms with Gasteiger partial charge in [0.1, 0.15) is 18.3 Å². The van der Waals surface area contributed by atoms with E-state index in [1.54, 1.807) is 0 Å². The number of carboxylic acid groups (broad SMARTS) is 1. The molecule has 8 nitrogen and oxygen atoms in total. The second kappa shape index (κ2) is 5.73. The van der Waals surface area contributed by atoms with Crippen LogP contribution in [0, 0.1) is 0 Å². The Morgan fingerprint density at radius 2 is 1.53 bits per heavy atom. The average Bonchev–Trinajstić information content (AvgIpc) is 2.23. The number of ketones is 1. The van der Waals surface area contributed by atoms with Crippen LogP contribution < -0.4 is 0 Å². The highest BCUT2D eigenvalue weighted by Crippen LogP contribution is 2.04. The topological polar surface area (TPSA) is 156 Å². The van der Waals surface area contributed by atoms with Crippen molar-refractivity contribution in [1.82, 2.24) is 0 Å². The summed E-state index contributed by atoms with van der Waals surface area (Å²) < 4.78 is 0. The Morgan fingerprint density at radius 1 is 1.07 bits per heavy atom. The highest BCUT2D eigenvalue weighted by atomic mass is 16.4. The number of aliphatic carboxylic acids is 1. The van der Waals surface area contributed by atoms with Crippen LogP contribution in [0.2, 0.25) is 0 Å². The monoisotopic (exact) mass is 224 g/mol. The Morgan fingerprint density at radius 3 is 1.87 bits per heavy atom. The summed E-state index contributed by atoms with van der Waals surface area (Å²) in [5, 5.41) is 52.1. The summed E-state index contributed by atoms with van der Waals surface area (Å²) in [5.74, 6) is -3.45. The minimum absolute atomic E-state index is 0.922. The Labute approximate surface area is 84.0 Å². The van der Waals surface area contributed by atoms with Gasteiger partial charge < -0.3 is 30.6 Å². The molecule has 0 saturated carbocycles. The molecule has 0 bridgehead atoms. The van der Waals surface area contributed by atoms with Crippen molar-refractivity contribution in [1.29, 1.82) is 0 Å². The number of hydrogen-bond donors (Lipinski definition) is 6. The zero-order valence-corrected chi connectivity index (χ0v) is 7.52. The molecule has 0 spiro atoms. The Hall–Kier alpha value is -1.06. The normalized spacial score (nSPS) is 19.0. The lowest BCUT2D eigenvalue weighted by atomic mass is 10.0. The molecule has 0 aliphatic heterocycles. The minimum atomic E-state index is -2.49. The summed E-state index contributed by atoms with van der Waals surface area (Å²) in [7, 11) is 0. The number of rotatable bonds is 6. The van der Waals surface area contributed by atoms with Crippen molar-refractivity contribution >= 4 is 11.8 Å². The molecule has 15 heavy (non-hydrogen) atoms. The quantitative estimate of drug-likeness (QED) is 0.250. The number of carbonyl (C=O) groups is 2. The van der Waals surface area contributed by atoms with E-state index < -0.39 is 42.8 Å². The van der Waals surface area contributed by atoms with Crippen molar-refractivity contribution in [3.05, 3.63) is 0 Å². The molecular weight excluding hydrogens is 212 g/mol. The molecule has 0 heterocycles. The van der Waals surface area contributed by atoms with Crippen molar-refractivity contribution in [3.63, 3.8) is 0 Å². The van der Waals surface area contributed by atoms with Crippen molar-refractivity contribution in [2.75, 3.05) is 6.61 Å². The third-order valence-corrected chi connectivity index (χ3v) is 1.70. The van der Waals surface area contributed by atoms with Gasteiger partial charge in [-0.1, -0.05) is 0 Å². The van der Waals surface area contributed by atoms with E-state index in [1.165, 1.54) is 0 Å². The number of hydrogen-bond acceptors (Lipinski definition) is 7. The molecule has 88 valence electrons. The fourth-order valence-corrected chi connectivity index (χ4v) is 0.770. The van der Waals surface area contributed by atoms with Gasteiger partial charge in [-0.2, -0.15) is 0 Å². The Balaban J connectivity index is 4.50. The van der Waals surface area contributed by atoms with E-state index in [-0.39, 0.29) is 0 Å². The van der Waals surface area contributed by atoms with E-state index in [1.807, 2.05) is 0 Å². The summed E-state index contributed by atoms with van der Waals surface area (Å²) in [5.41, 5.74) is 0.